The number of nitrogens with zero attached hydrogens (tertiary/aromatic N) is 3. The maximum absolute atomic E-state index is 12.0. The minimum atomic E-state index is -0.458. The van der Waals surface area contributed by atoms with Crippen molar-refractivity contribution in [3.63, 3.8) is 0 Å². The zero-order valence-electron chi connectivity index (χ0n) is 12.5. The van der Waals surface area contributed by atoms with Gasteiger partial charge in [0, 0.05) is 20.1 Å². The molecule has 1 aliphatic carbocycles. The number of aromatic nitrogens is 3. The molecular formula is C13H20N4O4. The molecule has 0 atom stereocenters. The molecule has 2 rings (SSSR count). The quantitative estimate of drug-likeness (QED) is 0.764. The van der Waals surface area contributed by atoms with E-state index in [4.69, 9.17) is 4.74 Å². The Morgan fingerprint density at radius 3 is 2.43 bits per heavy atom. The zero-order valence-corrected chi connectivity index (χ0v) is 12.5. The molecule has 0 bridgehead atoms. The summed E-state index contributed by atoms with van der Waals surface area (Å²) in [4.78, 5) is 35.0. The molecule has 1 aliphatic rings. The summed E-state index contributed by atoms with van der Waals surface area (Å²) in [5.74, 6) is -0.0744. The summed E-state index contributed by atoms with van der Waals surface area (Å²) in [6.45, 7) is 0. The van der Waals surface area contributed by atoms with Crippen LogP contribution in [0.2, 0.25) is 0 Å². The van der Waals surface area contributed by atoms with Gasteiger partial charge >= 0.3 is 11.7 Å². The van der Waals surface area contributed by atoms with Gasteiger partial charge < -0.3 is 10.1 Å². The molecule has 0 saturated heterocycles. The number of carbonyl (C=O) groups excluding carboxylic acids is 1. The minimum absolute atomic E-state index is 0.0658. The Hall–Kier alpha value is -2.12. The molecule has 0 spiro atoms. The second-order valence-electron chi connectivity index (χ2n) is 5.34. The Balaban J connectivity index is 2.06. The highest BCUT2D eigenvalue weighted by Crippen LogP contribution is 2.26. The van der Waals surface area contributed by atoms with Crippen LogP contribution in [0.5, 0.6) is 0 Å². The Bertz CT molecular complexity index is 641. The Morgan fingerprint density at radius 1 is 1.24 bits per heavy atom. The summed E-state index contributed by atoms with van der Waals surface area (Å²) in [5.41, 5.74) is -0.895. The van der Waals surface area contributed by atoms with Crippen molar-refractivity contribution in [2.75, 3.05) is 12.4 Å². The van der Waals surface area contributed by atoms with Crippen LogP contribution in [-0.4, -0.2) is 33.5 Å². The molecule has 0 unspecified atom stereocenters. The van der Waals surface area contributed by atoms with Gasteiger partial charge in [0.25, 0.3) is 5.56 Å². The van der Waals surface area contributed by atoms with Crippen LogP contribution in [-0.2, 0) is 23.6 Å². The molecule has 1 aromatic rings. The van der Waals surface area contributed by atoms with Crippen molar-refractivity contribution >= 4 is 11.8 Å². The molecule has 8 nitrogen and oxygen atoms in total. The van der Waals surface area contributed by atoms with Gasteiger partial charge in [-0.1, -0.05) is 0 Å². The van der Waals surface area contributed by atoms with Gasteiger partial charge in [0.1, 0.15) is 0 Å². The van der Waals surface area contributed by atoms with Crippen molar-refractivity contribution in [2.45, 2.75) is 31.7 Å². The van der Waals surface area contributed by atoms with E-state index in [-0.39, 0.29) is 23.7 Å². The molecule has 116 valence electrons. The third-order valence-electron chi connectivity index (χ3n) is 3.92. The number of hydrogen-bond donors (Lipinski definition) is 1. The van der Waals surface area contributed by atoms with Crippen molar-refractivity contribution in [2.24, 2.45) is 20.0 Å². The Labute approximate surface area is 121 Å². The summed E-state index contributed by atoms with van der Waals surface area (Å²) in [7, 11) is 4.32. The van der Waals surface area contributed by atoms with Crippen molar-refractivity contribution in [1.29, 1.82) is 0 Å². The topological polar surface area (TPSA) is 95.2 Å². The smallest absolute Gasteiger partial charge is 0.346 e. The fourth-order valence-electron chi connectivity index (χ4n) is 2.62. The Kier molecular flexibility index (Phi) is 4.44. The molecule has 1 N–H and O–H groups in total. The van der Waals surface area contributed by atoms with E-state index in [2.05, 4.69) is 10.4 Å². The van der Waals surface area contributed by atoms with E-state index in [1.807, 2.05) is 0 Å². The Morgan fingerprint density at radius 2 is 1.86 bits per heavy atom. The van der Waals surface area contributed by atoms with Crippen molar-refractivity contribution < 1.29 is 9.53 Å². The molecule has 21 heavy (non-hydrogen) atoms. The maximum atomic E-state index is 12.0. The highest BCUT2D eigenvalue weighted by atomic mass is 16.5. The van der Waals surface area contributed by atoms with Crippen LogP contribution < -0.4 is 16.6 Å². The lowest BCUT2D eigenvalue weighted by molar-refractivity contribution is -0.146. The zero-order chi connectivity index (χ0) is 15.6. The van der Waals surface area contributed by atoms with Gasteiger partial charge in [0.05, 0.1) is 13.0 Å². The number of aryl methyl sites for hydroxylation is 1. The van der Waals surface area contributed by atoms with Crippen LogP contribution in [0, 0.1) is 5.92 Å². The fourth-order valence-corrected chi connectivity index (χ4v) is 2.62. The first kappa shape index (κ1) is 15.3. The first-order valence-electron chi connectivity index (χ1n) is 6.92. The molecular weight excluding hydrogens is 276 g/mol. The van der Waals surface area contributed by atoms with Gasteiger partial charge in [-0.3, -0.25) is 14.2 Å². The molecule has 8 heteroatoms. The van der Waals surface area contributed by atoms with Gasteiger partial charge in [0.15, 0.2) is 0 Å². The predicted molar refractivity (Wildman–Crippen MR) is 76.1 cm³/mol. The first-order chi connectivity index (χ1) is 9.93. The first-order valence-corrected chi connectivity index (χ1v) is 6.92. The van der Waals surface area contributed by atoms with Crippen molar-refractivity contribution in [1.82, 2.24) is 14.3 Å². The van der Waals surface area contributed by atoms with Crippen LogP contribution in [0.25, 0.3) is 0 Å². The number of methoxy groups -OCH3 is 1. The van der Waals surface area contributed by atoms with Crippen LogP contribution in [0.4, 0.5) is 5.82 Å². The molecule has 1 fully saturated rings. The second-order valence-corrected chi connectivity index (χ2v) is 5.34. The van der Waals surface area contributed by atoms with E-state index in [0.29, 0.717) is 0 Å². The molecule has 1 heterocycles. The average molecular weight is 296 g/mol. The van der Waals surface area contributed by atoms with Crippen LogP contribution >= 0.6 is 0 Å². The van der Waals surface area contributed by atoms with E-state index in [0.717, 1.165) is 34.9 Å². The largest absolute Gasteiger partial charge is 0.469 e. The molecule has 0 amide bonds. The number of carbonyl (C=O) groups is 1. The van der Waals surface area contributed by atoms with Crippen molar-refractivity contribution in [3.05, 3.63) is 20.8 Å². The SMILES string of the molecule is COC(=O)C1CCC(Nc2nn(C)c(=O)n(C)c2=O)CC1. The molecule has 0 aliphatic heterocycles. The minimum Gasteiger partial charge on any atom is -0.469 e. The standard InChI is InChI=1S/C13H20N4O4/c1-16-11(18)10(15-17(2)13(16)20)14-9-6-4-8(5-7-9)12(19)21-3/h8-9H,4-7H2,1-3H3,(H,14,15). The third kappa shape index (κ3) is 3.14. The lowest BCUT2D eigenvalue weighted by Gasteiger charge is -2.27. The number of anilines is 1. The van der Waals surface area contributed by atoms with Crippen LogP contribution in [0.3, 0.4) is 0 Å². The number of hydrogen-bond acceptors (Lipinski definition) is 6. The van der Waals surface area contributed by atoms with Crippen LogP contribution in [0.1, 0.15) is 25.7 Å². The monoisotopic (exact) mass is 296 g/mol. The maximum Gasteiger partial charge on any atom is 0.346 e. The number of rotatable bonds is 3. The predicted octanol–water partition coefficient (Wildman–Crippen LogP) is -0.377. The lowest BCUT2D eigenvalue weighted by atomic mass is 9.86. The van der Waals surface area contributed by atoms with Gasteiger partial charge in [-0.2, -0.15) is 0 Å². The second kappa shape index (κ2) is 6.11. The summed E-state index contributed by atoms with van der Waals surface area (Å²) in [5, 5.41) is 7.04. The van der Waals surface area contributed by atoms with E-state index in [1.54, 1.807) is 0 Å². The van der Waals surface area contributed by atoms with E-state index < -0.39 is 11.2 Å². The summed E-state index contributed by atoms with van der Waals surface area (Å²) >= 11 is 0. The third-order valence-corrected chi connectivity index (χ3v) is 3.92. The molecule has 1 saturated carbocycles. The normalized spacial score (nSPS) is 21.9. The number of ether oxygens (including phenoxy) is 1. The molecule has 0 radical (unpaired) electrons. The lowest BCUT2D eigenvalue weighted by Crippen LogP contribution is -2.41. The van der Waals surface area contributed by atoms with Crippen LogP contribution in [0.15, 0.2) is 9.59 Å². The summed E-state index contributed by atoms with van der Waals surface area (Å²) < 4.78 is 6.90. The summed E-state index contributed by atoms with van der Waals surface area (Å²) in [6.07, 6.45) is 2.95. The fraction of sp³-hybridized carbons (Fsp3) is 0.692. The van der Waals surface area contributed by atoms with E-state index >= 15 is 0 Å². The highest BCUT2D eigenvalue weighted by molar-refractivity contribution is 5.72. The molecule has 1 aromatic heterocycles. The average Bonchev–Trinajstić information content (AvgIpc) is 2.50. The van der Waals surface area contributed by atoms with Gasteiger partial charge in [-0.05, 0) is 25.7 Å². The van der Waals surface area contributed by atoms with Gasteiger partial charge in [0.2, 0.25) is 5.82 Å². The highest BCUT2D eigenvalue weighted by Gasteiger charge is 2.27. The molecule has 0 aromatic carbocycles. The van der Waals surface area contributed by atoms with Crippen molar-refractivity contribution in [3.8, 4) is 0 Å². The number of nitrogens with one attached hydrogen (secondary N) is 1. The van der Waals surface area contributed by atoms with Gasteiger partial charge in [-0.25, -0.2) is 9.48 Å². The van der Waals surface area contributed by atoms with E-state index in [9.17, 15) is 14.4 Å². The van der Waals surface area contributed by atoms with E-state index in [1.165, 1.54) is 21.2 Å². The number of esters is 1. The summed E-state index contributed by atoms with van der Waals surface area (Å²) in [6, 6.07) is 0.0728. The van der Waals surface area contributed by atoms with Gasteiger partial charge in [-0.15, -0.1) is 5.10 Å².